The van der Waals surface area contributed by atoms with Crippen molar-refractivity contribution in [1.82, 2.24) is 0 Å². The van der Waals surface area contributed by atoms with Crippen LogP contribution in [0.5, 0.6) is 0 Å². The Balaban J connectivity index is 1.66. The molecule has 4 nitrogen and oxygen atoms in total. The number of unbranched alkanes of at least 4 members (excludes halogenated alkanes) is 24. The summed E-state index contributed by atoms with van der Waals surface area (Å²) in [7, 11) is 0. The van der Waals surface area contributed by atoms with Gasteiger partial charge in [0.05, 0.1) is 5.57 Å². The number of anilines is 2. The highest BCUT2D eigenvalue weighted by Crippen LogP contribution is 2.46. The predicted octanol–water partition coefficient (Wildman–Crippen LogP) is 19.9. The molecule has 0 spiro atoms. The second-order valence-electron chi connectivity index (χ2n) is 20.0. The van der Waals surface area contributed by atoms with Gasteiger partial charge in [-0.1, -0.05) is 201 Å². The first-order valence-electron chi connectivity index (χ1n) is 29.3. The van der Waals surface area contributed by atoms with Gasteiger partial charge in [-0.25, -0.2) is 4.70 Å². The summed E-state index contributed by atoms with van der Waals surface area (Å²) in [6.07, 6.45) is 45.6. The van der Waals surface area contributed by atoms with Crippen LogP contribution in [0.2, 0.25) is 0 Å². The summed E-state index contributed by atoms with van der Waals surface area (Å²) in [6.45, 7) is 26.8. The van der Waals surface area contributed by atoms with Gasteiger partial charge in [-0.2, -0.15) is 0 Å². The van der Waals surface area contributed by atoms with Gasteiger partial charge >= 0.3 is 0 Å². The van der Waals surface area contributed by atoms with Gasteiger partial charge in [0.1, 0.15) is 0 Å². The summed E-state index contributed by atoms with van der Waals surface area (Å²) >= 11 is 0. The number of allylic oxidation sites excluding steroid dienone is 4. The zero-order chi connectivity index (χ0) is 48.7. The molecule has 0 fully saturated rings. The molecular weight excluding hydrogens is 813 g/mol. The van der Waals surface area contributed by atoms with Crippen molar-refractivity contribution < 1.29 is 4.70 Å². The molecule has 0 amide bonds. The molecule has 0 bridgehead atoms. The molecule has 2 aromatic rings. The van der Waals surface area contributed by atoms with E-state index in [4.69, 9.17) is 0 Å². The van der Waals surface area contributed by atoms with E-state index in [1.165, 1.54) is 192 Å². The van der Waals surface area contributed by atoms with Crippen molar-refractivity contribution in [3.8, 4) is 0 Å². The zero-order valence-corrected chi connectivity index (χ0v) is 46.0. The first-order chi connectivity index (χ1) is 32.8. The first kappa shape index (κ1) is 58.2. The molecule has 0 N–H and O–H groups in total. The van der Waals surface area contributed by atoms with Crippen molar-refractivity contribution >= 4 is 22.8 Å². The number of nitrogens with zero attached hydrogens (tertiary/aromatic N) is 4. The second kappa shape index (κ2) is 35.0. The summed E-state index contributed by atoms with van der Waals surface area (Å²) in [5.41, 5.74) is 27.8. The van der Waals surface area contributed by atoms with Crippen LogP contribution in [0.25, 0.3) is 16.9 Å². The van der Waals surface area contributed by atoms with Gasteiger partial charge in [-0.3, -0.25) is 0 Å². The molecule has 0 aliphatic carbocycles. The lowest BCUT2D eigenvalue weighted by Gasteiger charge is -2.28. The van der Waals surface area contributed by atoms with Crippen molar-refractivity contribution in [1.29, 1.82) is 0 Å². The standard InChI is InChI=1S/C63H106N4/c1-11-21-23-24-25-26-27-28-29-30-31-32-33-34-35-36-37-38-39-40-41-42-43-44-45-47-59-58(46-22-12-2)62(56-48-52(13-3)60(53(14-4)49-56)65(17-7)18-8)67(64)63(59)57-50-54(15-5)61(55(16-6)51-57)66(19-9)20-10/h45,47-51H,11-44,46H2,1-10H3. The van der Waals surface area contributed by atoms with Crippen molar-refractivity contribution in [3.63, 3.8) is 0 Å². The minimum Gasteiger partial charge on any atom is -0.493 e. The highest BCUT2D eigenvalue weighted by Gasteiger charge is 2.36. The number of hydrogen-bond donors (Lipinski definition) is 0. The maximum absolute atomic E-state index is 12.7. The number of benzene rings is 2. The molecule has 1 heterocycles. The van der Waals surface area contributed by atoms with E-state index in [0.29, 0.717) is 0 Å². The topological polar surface area (TPSA) is 31.8 Å². The maximum atomic E-state index is 12.7. The van der Waals surface area contributed by atoms with E-state index >= 15 is 0 Å². The lowest BCUT2D eigenvalue weighted by molar-refractivity contribution is -0.345. The van der Waals surface area contributed by atoms with E-state index in [1.54, 1.807) is 4.70 Å². The highest BCUT2D eigenvalue weighted by atomic mass is 15.2. The normalized spacial score (nSPS) is 13.1. The quantitative estimate of drug-likeness (QED) is 0.0493. The van der Waals surface area contributed by atoms with Crippen molar-refractivity contribution in [2.75, 3.05) is 36.0 Å². The first-order valence-corrected chi connectivity index (χ1v) is 29.3. The van der Waals surface area contributed by atoms with E-state index in [1.807, 2.05) is 0 Å². The van der Waals surface area contributed by atoms with Gasteiger partial charge in [0, 0.05) is 54.3 Å². The van der Waals surface area contributed by atoms with E-state index in [0.717, 1.165) is 100 Å². The van der Waals surface area contributed by atoms with Crippen molar-refractivity contribution in [2.24, 2.45) is 0 Å². The van der Waals surface area contributed by atoms with Gasteiger partial charge in [0.2, 0.25) is 11.4 Å². The van der Waals surface area contributed by atoms with Crippen LogP contribution >= 0.6 is 0 Å². The third kappa shape index (κ3) is 18.6. The van der Waals surface area contributed by atoms with Crippen molar-refractivity contribution in [3.05, 3.63) is 86.5 Å². The second-order valence-corrected chi connectivity index (χ2v) is 20.0. The fraction of sp³-hybridized carbons (Fsp3) is 0.714. The molecule has 0 radical (unpaired) electrons. The number of aryl methyl sites for hydroxylation is 4. The van der Waals surface area contributed by atoms with Gasteiger partial charge in [-0.15, -0.1) is 0 Å². The largest absolute Gasteiger partial charge is 0.493 e. The average Bonchev–Trinajstić information content (AvgIpc) is 3.63. The lowest BCUT2D eigenvalue weighted by Crippen LogP contribution is -2.25. The van der Waals surface area contributed by atoms with Crippen LogP contribution in [0.1, 0.15) is 276 Å². The van der Waals surface area contributed by atoms with Gasteiger partial charge in [0.15, 0.2) is 0 Å². The Labute approximate surface area is 416 Å². The molecule has 0 atom stereocenters. The van der Waals surface area contributed by atoms with Gasteiger partial charge in [0.25, 0.3) is 0 Å². The smallest absolute Gasteiger partial charge is 0.215 e. The Bertz CT molecular complexity index is 1720. The maximum Gasteiger partial charge on any atom is 0.215 e. The Hall–Kier alpha value is -3.14. The monoisotopic (exact) mass is 919 g/mol. The van der Waals surface area contributed by atoms with Crippen LogP contribution in [0.4, 0.5) is 11.4 Å². The van der Waals surface area contributed by atoms with E-state index < -0.39 is 0 Å². The van der Waals surface area contributed by atoms with Crippen LogP contribution < -0.4 is 9.80 Å². The molecule has 0 unspecified atom stereocenters. The van der Waals surface area contributed by atoms with Crippen LogP contribution in [0, 0.1) is 0 Å². The fourth-order valence-corrected chi connectivity index (χ4v) is 11.0. The molecule has 1 aliphatic rings. The molecule has 67 heavy (non-hydrogen) atoms. The fourth-order valence-electron chi connectivity index (χ4n) is 11.0. The zero-order valence-electron chi connectivity index (χ0n) is 46.0. The molecule has 0 aromatic heterocycles. The summed E-state index contributed by atoms with van der Waals surface area (Å²) < 4.78 is 1.61. The highest BCUT2D eigenvalue weighted by molar-refractivity contribution is 5.86. The minimum absolute atomic E-state index is 0.949. The van der Waals surface area contributed by atoms with Crippen molar-refractivity contribution in [2.45, 2.75) is 268 Å². The lowest BCUT2D eigenvalue weighted by atomic mass is 9.91. The predicted molar refractivity (Wildman–Crippen MR) is 300 cm³/mol. The van der Waals surface area contributed by atoms with Gasteiger partial charge < -0.3 is 15.3 Å². The SMILES string of the molecule is CCCCCCCCCCCCCCCCCCCCCCCCCC=CC1=C(c2cc(CC)c(N(CC)CC)c(CC)c2)[N+](=[N-])C(c2cc(CC)c(N(CC)CC)c(CC)c2)=C1CCCC. The van der Waals surface area contributed by atoms with Crippen LogP contribution in [-0.2, 0) is 25.7 Å². The summed E-state index contributed by atoms with van der Waals surface area (Å²) in [4.78, 5) is 5.05. The molecule has 0 saturated carbocycles. The molecule has 3 rings (SSSR count). The molecule has 0 saturated heterocycles. The van der Waals surface area contributed by atoms with E-state index in [-0.39, 0.29) is 0 Å². The number of rotatable bonds is 40. The van der Waals surface area contributed by atoms with Crippen LogP contribution in [0.3, 0.4) is 0 Å². The summed E-state index contributed by atoms with van der Waals surface area (Å²) in [5.74, 6) is 0. The van der Waals surface area contributed by atoms with Gasteiger partial charge in [-0.05, 0) is 126 Å². The van der Waals surface area contributed by atoms with E-state index in [9.17, 15) is 5.53 Å². The number of hydrogen-bond acceptors (Lipinski definition) is 2. The third-order valence-electron chi connectivity index (χ3n) is 15.1. The summed E-state index contributed by atoms with van der Waals surface area (Å²) in [5, 5.41) is 0. The third-order valence-corrected chi connectivity index (χ3v) is 15.1. The Morgan fingerprint density at radius 3 is 1.03 bits per heavy atom. The molecule has 4 heteroatoms. The molecule has 1 aliphatic heterocycles. The average molecular weight is 920 g/mol. The Morgan fingerprint density at radius 1 is 0.403 bits per heavy atom. The van der Waals surface area contributed by atoms with E-state index in [2.05, 4.69) is 115 Å². The molecular formula is C63H106N4. The minimum atomic E-state index is 0.949. The van der Waals surface area contributed by atoms with Crippen LogP contribution in [-0.4, -0.2) is 30.9 Å². The Kier molecular flexibility index (Phi) is 30.4. The molecule has 2 aromatic carbocycles. The summed E-state index contributed by atoms with van der Waals surface area (Å²) in [6, 6.07) is 9.61. The van der Waals surface area contributed by atoms with Crippen LogP contribution in [0.15, 0.2) is 47.6 Å². The molecule has 378 valence electrons. The Morgan fingerprint density at radius 2 is 0.716 bits per heavy atom.